The monoisotopic (exact) mass is 293 g/mol. The van der Waals surface area contributed by atoms with Gasteiger partial charge in [0.05, 0.1) is 0 Å². The van der Waals surface area contributed by atoms with Gasteiger partial charge in [0.1, 0.15) is 5.82 Å². The lowest BCUT2D eigenvalue weighted by Crippen LogP contribution is -2.44. The number of benzene rings is 1. The molecule has 1 unspecified atom stereocenters. The fraction of sp³-hybridized carbons (Fsp3) is 0.562. The van der Waals surface area contributed by atoms with Crippen LogP contribution < -0.4 is 10.6 Å². The normalized spacial score (nSPS) is 15.0. The van der Waals surface area contributed by atoms with Crippen molar-refractivity contribution < 1.29 is 9.18 Å². The van der Waals surface area contributed by atoms with E-state index in [-0.39, 0.29) is 17.8 Å². The molecule has 0 bridgehead atoms. The van der Waals surface area contributed by atoms with Gasteiger partial charge in [0.2, 0.25) is 5.91 Å². The third kappa shape index (κ3) is 3.35. The minimum absolute atomic E-state index is 0.0684. The lowest BCUT2D eigenvalue weighted by Gasteiger charge is -2.31. The van der Waals surface area contributed by atoms with Gasteiger partial charge in [-0.05, 0) is 38.0 Å². The van der Waals surface area contributed by atoms with Crippen LogP contribution in [0.3, 0.4) is 0 Å². The first-order chi connectivity index (χ1) is 10.1. The molecule has 0 fully saturated rings. The summed E-state index contributed by atoms with van der Waals surface area (Å²) in [5.74, 6) is -0.133. The van der Waals surface area contributed by atoms with Crippen LogP contribution in [0, 0.1) is 5.82 Å². The number of amides is 1. The molecule has 5 heteroatoms. The van der Waals surface area contributed by atoms with Gasteiger partial charge in [0.25, 0.3) is 0 Å². The average Bonchev–Trinajstić information content (AvgIpc) is 2.89. The number of fused-ring (bicyclic) bond motifs is 1. The highest BCUT2D eigenvalue weighted by Crippen LogP contribution is 2.31. The minimum Gasteiger partial charge on any atom is -0.366 e. The van der Waals surface area contributed by atoms with Crippen LogP contribution in [0.1, 0.15) is 25.8 Å². The SMILES string of the molecule is CCN(CC)C(=O)CC(CN)N1CCc2ccc(F)cc21. The number of nitrogens with two attached hydrogens (primary N) is 1. The van der Waals surface area contributed by atoms with E-state index >= 15 is 0 Å². The van der Waals surface area contributed by atoms with Gasteiger partial charge in [0.15, 0.2) is 0 Å². The fourth-order valence-electron chi connectivity index (χ4n) is 2.98. The molecule has 1 atom stereocenters. The molecule has 4 nitrogen and oxygen atoms in total. The van der Waals surface area contributed by atoms with Crippen LogP contribution in [0.5, 0.6) is 0 Å². The van der Waals surface area contributed by atoms with Gasteiger partial charge in [-0.1, -0.05) is 6.07 Å². The van der Waals surface area contributed by atoms with E-state index in [9.17, 15) is 9.18 Å². The van der Waals surface area contributed by atoms with Gasteiger partial charge < -0.3 is 15.5 Å². The Morgan fingerprint density at radius 3 is 2.76 bits per heavy atom. The molecular formula is C16H24FN3O. The standard InChI is InChI=1S/C16H24FN3O/c1-3-19(4-2)16(21)10-14(11-18)20-8-7-12-5-6-13(17)9-15(12)20/h5-6,9,14H,3-4,7-8,10-11,18H2,1-2H3. The Labute approximate surface area is 125 Å². The summed E-state index contributed by atoms with van der Waals surface area (Å²) in [7, 11) is 0. The van der Waals surface area contributed by atoms with Gasteiger partial charge in [-0.25, -0.2) is 4.39 Å². The second-order valence-electron chi connectivity index (χ2n) is 5.38. The Morgan fingerprint density at radius 1 is 1.43 bits per heavy atom. The molecule has 1 amide bonds. The largest absolute Gasteiger partial charge is 0.366 e. The third-order valence-electron chi connectivity index (χ3n) is 4.22. The second kappa shape index (κ2) is 6.89. The number of halogens is 1. The number of hydrogen-bond donors (Lipinski definition) is 1. The summed E-state index contributed by atoms with van der Waals surface area (Å²) in [6.45, 7) is 6.55. The lowest BCUT2D eigenvalue weighted by atomic mass is 10.1. The smallest absolute Gasteiger partial charge is 0.224 e. The van der Waals surface area contributed by atoms with Crippen LogP contribution in [0.15, 0.2) is 18.2 Å². The van der Waals surface area contributed by atoms with E-state index in [4.69, 9.17) is 5.73 Å². The first-order valence-corrected chi connectivity index (χ1v) is 7.63. The van der Waals surface area contributed by atoms with E-state index in [1.807, 2.05) is 24.8 Å². The first-order valence-electron chi connectivity index (χ1n) is 7.63. The van der Waals surface area contributed by atoms with Crippen molar-refractivity contribution in [1.29, 1.82) is 0 Å². The fourth-order valence-corrected chi connectivity index (χ4v) is 2.98. The number of rotatable bonds is 6. The summed E-state index contributed by atoms with van der Waals surface area (Å²) in [4.78, 5) is 16.2. The summed E-state index contributed by atoms with van der Waals surface area (Å²) in [6.07, 6.45) is 1.26. The molecule has 1 aliphatic heterocycles. The maximum atomic E-state index is 13.5. The Morgan fingerprint density at radius 2 is 2.14 bits per heavy atom. The predicted molar refractivity (Wildman–Crippen MR) is 82.8 cm³/mol. The molecule has 2 N–H and O–H groups in total. The summed E-state index contributed by atoms with van der Waals surface area (Å²) in [5.41, 5.74) is 7.89. The number of nitrogens with zero attached hydrogens (tertiary/aromatic N) is 2. The van der Waals surface area contributed by atoms with E-state index in [1.165, 1.54) is 6.07 Å². The van der Waals surface area contributed by atoms with Crippen LogP contribution in [0.2, 0.25) is 0 Å². The molecule has 0 saturated carbocycles. The van der Waals surface area contributed by atoms with Crippen molar-refractivity contribution in [3.8, 4) is 0 Å². The van der Waals surface area contributed by atoms with Crippen LogP contribution in [0.4, 0.5) is 10.1 Å². The molecule has 0 saturated heterocycles. The molecule has 0 aromatic heterocycles. The summed E-state index contributed by atoms with van der Waals surface area (Å²) < 4.78 is 13.5. The van der Waals surface area contributed by atoms with E-state index in [0.29, 0.717) is 26.1 Å². The van der Waals surface area contributed by atoms with Crippen LogP contribution in [-0.4, -0.2) is 43.0 Å². The van der Waals surface area contributed by atoms with E-state index in [1.54, 1.807) is 6.07 Å². The highest BCUT2D eigenvalue weighted by molar-refractivity contribution is 5.77. The third-order valence-corrected chi connectivity index (χ3v) is 4.22. The van der Waals surface area contributed by atoms with Gasteiger partial charge in [-0.2, -0.15) is 0 Å². The number of carbonyl (C=O) groups is 1. The maximum absolute atomic E-state index is 13.5. The number of carbonyl (C=O) groups excluding carboxylic acids is 1. The quantitative estimate of drug-likeness (QED) is 0.869. The summed E-state index contributed by atoms with van der Waals surface area (Å²) in [6, 6.07) is 4.79. The van der Waals surface area contributed by atoms with Crippen molar-refractivity contribution in [2.45, 2.75) is 32.7 Å². The Balaban J connectivity index is 2.13. The van der Waals surface area contributed by atoms with Gasteiger partial charge in [-0.3, -0.25) is 4.79 Å². The van der Waals surface area contributed by atoms with Crippen molar-refractivity contribution in [1.82, 2.24) is 4.90 Å². The Kier molecular flexibility index (Phi) is 5.17. The van der Waals surface area contributed by atoms with Crippen molar-refractivity contribution in [2.75, 3.05) is 31.1 Å². The van der Waals surface area contributed by atoms with E-state index < -0.39 is 0 Å². The van der Waals surface area contributed by atoms with Crippen molar-refractivity contribution in [3.05, 3.63) is 29.6 Å². The molecule has 1 aliphatic rings. The van der Waals surface area contributed by atoms with Crippen molar-refractivity contribution in [3.63, 3.8) is 0 Å². The van der Waals surface area contributed by atoms with Crippen LogP contribution in [-0.2, 0) is 11.2 Å². The molecule has 21 heavy (non-hydrogen) atoms. The molecule has 1 heterocycles. The molecule has 0 radical (unpaired) electrons. The predicted octanol–water partition coefficient (Wildman–Crippen LogP) is 1.77. The topological polar surface area (TPSA) is 49.6 Å². The molecule has 2 rings (SSSR count). The van der Waals surface area contributed by atoms with Crippen LogP contribution >= 0.6 is 0 Å². The molecule has 0 spiro atoms. The molecule has 1 aromatic carbocycles. The highest BCUT2D eigenvalue weighted by atomic mass is 19.1. The van der Waals surface area contributed by atoms with E-state index in [2.05, 4.69) is 4.90 Å². The Hall–Kier alpha value is -1.62. The molecule has 1 aromatic rings. The zero-order chi connectivity index (χ0) is 15.4. The van der Waals surface area contributed by atoms with Gasteiger partial charge in [-0.15, -0.1) is 0 Å². The van der Waals surface area contributed by atoms with Gasteiger partial charge in [0, 0.05) is 44.3 Å². The second-order valence-corrected chi connectivity index (χ2v) is 5.38. The van der Waals surface area contributed by atoms with Crippen LogP contribution in [0.25, 0.3) is 0 Å². The maximum Gasteiger partial charge on any atom is 0.224 e. The minimum atomic E-state index is -0.244. The zero-order valence-corrected chi connectivity index (χ0v) is 12.8. The average molecular weight is 293 g/mol. The summed E-state index contributed by atoms with van der Waals surface area (Å²) >= 11 is 0. The molecule has 0 aliphatic carbocycles. The molecule has 116 valence electrons. The number of hydrogen-bond acceptors (Lipinski definition) is 3. The Bertz CT molecular complexity index is 502. The van der Waals surface area contributed by atoms with E-state index in [0.717, 1.165) is 24.2 Å². The van der Waals surface area contributed by atoms with Crippen molar-refractivity contribution >= 4 is 11.6 Å². The van der Waals surface area contributed by atoms with Gasteiger partial charge >= 0.3 is 0 Å². The number of anilines is 1. The highest BCUT2D eigenvalue weighted by Gasteiger charge is 2.28. The van der Waals surface area contributed by atoms with Crippen molar-refractivity contribution in [2.24, 2.45) is 5.73 Å². The summed E-state index contributed by atoms with van der Waals surface area (Å²) in [5, 5.41) is 0. The zero-order valence-electron chi connectivity index (χ0n) is 12.8. The molecular weight excluding hydrogens is 269 g/mol. The lowest BCUT2D eigenvalue weighted by molar-refractivity contribution is -0.131. The first kappa shape index (κ1) is 15.8.